The first-order chi connectivity index (χ1) is 14.9. The lowest BCUT2D eigenvalue weighted by Gasteiger charge is -2.37. The maximum atomic E-state index is 12.8. The Labute approximate surface area is 185 Å². The van der Waals surface area contributed by atoms with Crippen LogP contribution in [-0.2, 0) is 23.1 Å². The van der Waals surface area contributed by atoms with Gasteiger partial charge < -0.3 is 4.90 Å². The zero-order valence-corrected chi connectivity index (χ0v) is 19.3. The number of hydrogen-bond donors (Lipinski definition) is 0. The van der Waals surface area contributed by atoms with Crippen LogP contribution in [0.25, 0.3) is 0 Å². The molecule has 2 saturated heterocycles. The Morgan fingerprint density at radius 3 is 2.52 bits per heavy atom. The smallest absolute Gasteiger partial charge is 0.216 e. The Balaban J connectivity index is 1.30. The average Bonchev–Trinajstić information content (AvgIpc) is 3.31. The number of aromatic nitrogens is 3. The fourth-order valence-corrected chi connectivity index (χ4v) is 6.01. The van der Waals surface area contributed by atoms with Gasteiger partial charge in [-0.05, 0) is 19.7 Å². The quantitative estimate of drug-likeness (QED) is 0.565. The molecule has 0 aliphatic carbocycles. The predicted molar refractivity (Wildman–Crippen MR) is 120 cm³/mol. The van der Waals surface area contributed by atoms with E-state index >= 15 is 0 Å². The molecule has 2 aliphatic rings. The molecule has 0 bridgehead atoms. The summed E-state index contributed by atoms with van der Waals surface area (Å²) in [7, 11) is 0.909. The lowest BCUT2D eigenvalue weighted by atomic mass is 10.2. The monoisotopic (exact) mass is 447 g/mol. The highest BCUT2D eigenvalue weighted by molar-refractivity contribution is 7.89. The van der Waals surface area contributed by atoms with Gasteiger partial charge in [0.05, 0.1) is 30.7 Å². The maximum Gasteiger partial charge on any atom is 0.216 e. The number of nitrogens with zero attached hydrogens (tertiary/aromatic N) is 7. The Kier molecular flexibility index (Phi) is 7.02. The Hall–Kier alpha value is -1.85. The summed E-state index contributed by atoms with van der Waals surface area (Å²) in [6.45, 7) is 7.41. The molecule has 1 aromatic carbocycles. The van der Waals surface area contributed by atoms with Gasteiger partial charge in [-0.15, -0.1) is 5.10 Å². The van der Waals surface area contributed by atoms with E-state index in [-0.39, 0.29) is 18.3 Å². The molecule has 1 atom stereocenters. The number of hydrogen-bond acceptors (Lipinski definition) is 7. The molecule has 10 heteroatoms. The summed E-state index contributed by atoms with van der Waals surface area (Å²) in [5, 5.41) is 8.38. The standard InChI is InChI=1S/C21H33N7O2S/c1-24(2)8-9-25-10-12-26(13-11-25)21-17-28(31(29,30)18-21)16-20-15-27(23-22-20)14-19-6-4-3-5-7-19/h3-7,15,21H,8-14,16-18H2,1-2H3. The molecule has 1 aromatic heterocycles. The van der Waals surface area contributed by atoms with Crippen LogP contribution in [0, 0.1) is 0 Å². The van der Waals surface area contributed by atoms with Crippen molar-refractivity contribution in [2.75, 3.05) is 65.7 Å². The van der Waals surface area contributed by atoms with Crippen molar-refractivity contribution in [2.24, 2.45) is 0 Å². The summed E-state index contributed by atoms with van der Waals surface area (Å²) in [5.74, 6) is 0.197. The fourth-order valence-electron chi connectivity index (χ4n) is 4.27. The third-order valence-corrected chi connectivity index (χ3v) is 7.98. The van der Waals surface area contributed by atoms with E-state index in [1.807, 2.05) is 36.5 Å². The topological polar surface area (TPSA) is 77.8 Å². The van der Waals surface area contributed by atoms with Crippen molar-refractivity contribution >= 4 is 10.0 Å². The number of rotatable bonds is 8. The van der Waals surface area contributed by atoms with Crippen LogP contribution in [0.3, 0.4) is 0 Å². The van der Waals surface area contributed by atoms with Crippen molar-refractivity contribution in [3.05, 3.63) is 47.8 Å². The van der Waals surface area contributed by atoms with Crippen molar-refractivity contribution in [1.29, 1.82) is 0 Å². The van der Waals surface area contributed by atoms with Gasteiger partial charge in [0.1, 0.15) is 0 Å². The molecule has 170 valence electrons. The molecule has 0 N–H and O–H groups in total. The SMILES string of the molecule is CN(C)CCN1CCN(C2CN(Cc3cn(Cc4ccccc4)nn3)S(=O)(=O)C2)CC1. The molecular formula is C21H33N7O2S. The molecule has 0 amide bonds. The number of sulfonamides is 1. The molecule has 1 unspecified atom stereocenters. The molecule has 0 spiro atoms. The van der Waals surface area contributed by atoms with E-state index < -0.39 is 10.0 Å². The van der Waals surface area contributed by atoms with E-state index in [0.717, 1.165) is 44.8 Å². The summed E-state index contributed by atoms with van der Waals surface area (Å²) in [4.78, 5) is 7.00. The van der Waals surface area contributed by atoms with Gasteiger partial charge >= 0.3 is 0 Å². The van der Waals surface area contributed by atoms with Crippen LogP contribution in [0.2, 0.25) is 0 Å². The molecule has 2 aliphatic heterocycles. The van der Waals surface area contributed by atoms with Crippen molar-refractivity contribution in [3.8, 4) is 0 Å². The summed E-state index contributed by atoms with van der Waals surface area (Å²) in [5.41, 5.74) is 1.83. The zero-order chi connectivity index (χ0) is 21.8. The Bertz CT molecular complexity index is 940. The minimum Gasteiger partial charge on any atom is -0.308 e. The minimum absolute atomic E-state index is 0.0559. The van der Waals surface area contributed by atoms with Crippen LogP contribution in [-0.4, -0.2) is 114 Å². The van der Waals surface area contributed by atoms with Gasteiger partial charge in [-0.1, -0.05) is 35.5 Å². The Morgan fingerprint density at radius 1 is 1.06 bits per heavy atom. The second kappa shape index (κ2) is 9.74. The molecule has 3 heterocycles. The molecular weight excluding hydrogens is 414 g/mol. The van der Waals surface area contributed by atoms with Gasteiger partial charge in [0, 0.05) is 51.9 Å². The van der Waals surface area contributed by atoms with Gasteiger partial charge in [-0.25, -0.2) is 13.1 Å². The third kappa shape index (κ3) is 5.89. The molecule has 2 aromatic rings. The molecule has 4 rings (SSSR count). The molecule has 0 saturated carbocycles. The first kappa shape index (κ1) is 22.3. The van der Waals surface area contributed by atoms with E-state index in [9.17, 15) is 8.42 Å². The summed E-state index contributed by atoms with van der Waals surface area (Å²) in [6, 6.07) is 10.1. The second-order valence-corrected chi connectivity index (χ2v) is 10.8. The summed E-state index contributed by atoms with van der Waals surface area (Å²) in [6.07, 6.45) is 1.85. The van der Waals surface area contributed by atoms with E-state index in [4.69, 9.17) is 0 Å². The van der Waals surface area contributed by atoms with Crippen LogP contribution < -0.4 is 0 Å². The highest BCUT2D eigenvalue weighted by Crippen LogP contribution is 2.22. The molecule has 2 fully saturated rings. The first-order valence-corrected chi connectivity index (χ1v) is 12.5. The normalized spacial score (nSPS) is 23.0. The van der Waals surface area contributed by atoms with E-state index in [0.29, 0.717) is 18.8 Å². The summed E-state index contributed by atoms with van der Waals surface area (Å²) >= 11 is 0. The van der Waals surface area contributed by atoms with Crippen LogP contribution in [0.4, 0.5) is 0 Å². The van der Waals surface area contributed by atoms with E-state index in [2.05, 4.69) is 39.1 Å². The molecule has 31 heavy (non-hydrogen) atoms. The average molecular weight is 448 g/mol. The van der Waals surface area contributed by atoms with Gasteiger partial charge in [0.2, 0.25) is 10.0 Å². The van der Waals surface area contributed by atoms with Gasteiger partial charge in [-0.3, -0.25) is 9.80 Å². The highest BCUT2D eigenvalue weighted by atomic mass is 32.2. The first-order valence-electron chi connectivity index (χ1n) is 10.9. The number of piperazine rings is 1. The van der Waals surface area contributed by atoms with Crippen LogP contribution >= 0.6 is 0 Å². The number of benzene rings is 1. The van der Waals surface area contributed by atoms with E-state index in [1.165, 1.54) is 0 Å². The lowest BCUT2D eigenvalue weighted by Crippen LogP contribution is -2.52. The van der Waals surface area contributed by atoms with Crippen molar-refractivity contribution in [2.45, 2.75) is 19.1 Å². The largest absolute Gasteiger partial charge is 0.308 e. The minimum atomic E-state index is -3.27. The maximum absolute atomic E-state index is 12.8. The van der Waals surface area contributed by atoms with Crippen LogP contribution in [0.15, 0.2) is 36.5 Å². The fraction of sp³-hybridized carbons (Fsp3) is 0.619. The molecule has 0 radical (unpaired) electrons. The van der Waals surface area contributed by atoms with Crippen molar-refractivity contribution in [1.82, 2.24) is 34.0 Å². The van der Waals surface area contributed by atoms with Gasteiger partial charge in [0.15, 0.2) is 0 Å². The van der Waals surface area contributed by atoms with Crippen molar-refractivity contribution < 1.29 is 8.42 Å². The van der Waals surface area contributed by atoms with Crippen molar-refractivity contribution in [3.63, 3.8) is 0 Å². The second-order valence-electron chi connectivity index (χ2n) is 8.80. The summed E-state index contributed by atoms with van der Waals surface area (Å²) < 4.78 is 28.9. The number of likely N-dealkylation sites (N-methyl/N-ethyl adjacent to an activating group) is 1. The van der Waals surface area contributed by atoms with Crippen LogP contribution in [0.1, 0.15) is 11.3 Å². The molecule has 9 nitrogen and oxygen atoms in total. The van der Waals surface area contributed by atoms with Gasteiger partial charge in [0.25, 0.3) is 0 Å². The van der Waals surface area contributed by atoms with Gasteiger partial charge in [-0.2, -0.15) is 4.31 Å². The predicted octanol–water partition coefficient (Wildman–Crippen LogP) is 0.0196. The highest BCUT2D eigenvalue weighted by Gasteiger charge is 2.40. The zero-order valence-electron chi connectivity index (χ0n) is 18.5. The third-order valence-electron chi connectivity index (χ3n) is 6.11. The van der Waals surface area contributed by atoms with Crippen LogP contribution in [0.5, 0.6) is 0 Å². The van der Waals surface area contributed by atoms with E-state index in [1.54, 1.807) is 8.99 Å². The lowest BCUT2D eigenvalue weighted by molar-refractivity contribution is 0.0964. The Morgan fingerprint density at radius 2 is 1.81 bits per heavy atom.